The highest BCUT2D eigenvalue weighted by Crippen LogP contribution is 2.20. The van der Waals surface area contributed by atoms with E-state index in [1.807, 2.05) is 6.92 Å². The van der Waals surface area contributed by atoms with E-state index in [2.05, 4.69) is 6.08 Å². The summed E-state index contributed by atoms with van der Waals surface area (Å²) in [6.45, 7) is 3.77. The Morgan fingerprint density at radius 3 is 3.14 bits per heavy atom. The summed E-state index contributed by atoms with van der Waals surface area (Å²) in [4.78, 5) is 0. The van der Waals surface area contributed by atoms with Crippen LogP contribution in [0, 0.1) is 0 Å². The molecule has 1 atom stereocenters. The Morgan fingerprint density at radius 2 is 2.36 bits per heavy atom. The number of allylic oxidation sites excluding steroid dienone is 1. The highest BCUT2D eigenvalue weighted by Gasteiger charge is 2.07. The van der Waals surface area contributed by atoms with Gasteiger partial charge in [-0.15, -0.1) is 0 Å². The summed E-state index contributed by atoms with van der Waals surface area (Å²) in [5.41, 5.74) is 7.50. The molecule has 1 rings (SSSR count). The molecule has 1 aliphatic carbocycles. The lowest BCUT2D eigenvalue weighted by Crippen LogP contribution is -2.15. The van der Waals surface area contributed by atoms with Crippen LogP contribution in [0.25, 0.3) is 0 Å². The van der Waals surface area contributed by atoms with Gasteiger partial charge in [-0.3, -0.25) is 0 Å². The van der Waals surface area contributed by atoms with Gasteiger partial charge >= 0.3 is 0 Å². The van der Waals surface area contributed by atoms with E-state index in [9.17, 15) is 0 Å². The summed E-state index contributed by atoms with van der Waals surface area (Å²) >= 11 is 0. The third-order valence-electron chi connectivity index (χ3n) is 2.73. The minimum absolute atomic E-state index is 0.305. The number of hydrogen-bond acceptors (Lipinski definition) is 2. The number of hydrogen-bond donors (Lipinski definition) is 1. The molecule has 14 heavy (non-hydrogen) atoms. The van der Waals surface area contributed by atoms with Crippen LogP contribution in [0.1, 0.15) is 45.4 Å². The molecule has 0 aliphatic heterocycles. The van der Waals surface area contributed by atoms with Crippen molar-refractivity contribution in [2.24, 2.45) is 5.73 Å². The van der Waals surface area contributed by atoms with Gasteiger partial charge in [0, 0.05) is 19.3 Å². The summed E-state index contributed by atoms with van der Waals surface area (Å²) in [6, 6.07) is 0.305. The fraction of sp³-hybridized carbons (Fsp3) is 0.833. The topological polar surface area (TPSA) is 35.2 Å². The molecular weight excluding hydrogens is 174 g/mol. The molecule has 0 saturated heterocycles. The van der Waals surface area contributed by atoms with Crippen LogP contribution in [0.5, 0.6) is 0 Å². The first-order valence-electron chi connectivity index (χ1n) is 5.86. The summed E-state index contributed by atoms with van der Waals surface area (Å²) in [6.07, 6.45) is 9.61. The zero-order chi connectivity index (χ0) is 10.2. The summed E-state index contributed by atoms with van der Waals surface area (Å²) < 4.78 is 5.32. The Labute approximate surface area is 87.5 Å². The van der Waals surface area contributed by atoms with Crippen LogP contribution in [0.3, 0.4) is 0 Å². The molecule has 0 saturated carbocycles. The van der Waals surface area contributed by atoms with Gasteiger partial charge < -0.3 is 10.5 Å². The molecule has 0 radical (unpaired) electrons. The van der Waals surface area contributed by atoms with Crippen molar-refractivity contribution in [3.8, 4) is 0 Å². The van der Waals surface area contributed by atoms with Crippen LogP contribution >= 0.6 is 0 Å². The van der Waals surface area contributed by atoms with Gasteiger partial charge in [-0.05, 0) is 39.0 Å². The molecule has 0 bridgehead atoms. The number of rotatable bonds is 5. The first kappa shape index (κ1) is 11.7. The van der Waals surface area contributed by atoms with Crippen LogP contribution in [0.15, 0.2) is 11.6 Å². The van der Waals surface area contributed by atoms with Gasteiger partial charge in [0.25, 0.3) is 0 Å². The van der Waals surface area contributed by atoms with E-state index < -0.39 is 0 Å². The fourth-order valence-electron chi connectivity index (χ4n) is 1.96. The van der Waals surface area contributed by atoms with Crippen molar-refractivity contribution in [2.45, 2.75) is 51.5 Å². The Balaban J connectivity index is 2.20. The van der Waals surface area contributed by atoms with E-state index in [-0.39, 0.29) is 0 Å². The average molecular weight is 197 g/mol. The normalized spacial score (nSPS) is 23.0. The Morgan fingerprint density at radius 1 is 1.50 bits per heavy atom. The lowest BCUT2D eigenvalue weighted by molar-refractivity contribution is 0.145. The largest absolute Gasteiger partial charge is 0.382 e. The Hall–Kier alpha value is -0.340. The van der Waals surface area contributed by atoms with Gasteiger partial charge in [0.2, 0.25) is 0 Å². The quantitative estimate of drug-likeness (QED) is 0.543. The zero-order valence-electron chi connectivity index (χ0n) is 9.30. The average Bonchev–Trinajstić information content (AvgIpc) is 2.38. The first-order chi connectivity index (χ1) is 6.83. The van der Waals surface area contributed by atoms with Crippen LogP contribution in [0.2, 0.25) is 0 Å². The van der Waals surface area contributed by atoms with Crippen molar-refractivity contribution >= 4 is 0 Å². The summed E-state index contributed by atoms with van der Waals surface area (Å²) in [5, 5.41) is 0. The number of nitrogens with two attached hydrogens (primary N) is 1. The predicted octanol–water partition coefficient (Wildman–Crippen LogP) is 2.63. The Kier molecular flexibility index (Phi) is 5.88. The molecule has 2 N–H and O–H groups in total. The highest BCUT2D eigenvalue weighted by atomic mass is 16.5. The fourth-order valence-corrected chi connectivity index (χ4v) is 1.96. The Bertz CT molecular complexity index is 177. The van der Waals surface area contributed by atoms with Crippen molar-refractivity contribution in [1.82, 2.24) is 0 Å². The maximum atomic E-state index is 5.95. The third-order valence-corrected chi connectivity index (χ3v) is 2.73. The van der Waals surface area contributed by atoms with Crippen molar-refractivity contribution in [2.75, 3.05) is 13.2 Å². The van der Waals surface area contributed by atoms with Crippen molar-refractivity contribution in [3.05, 3.63) is 11.6 Å². The van der Waals surface area contributed by atoms with Crippen LogP contribution < -0.4 is 5.73 Å². The summed E-state index contributed by atoms with van der Waals surface area (Å²) in [5.74, 6) is 0. The SMILES string of the molecule is CCOCCCC1=CC(N)CCCC1. The molecule has 0 aromatic heterocycles. The van der Waals surface area contributed by atoms with Gasteiger partial charge in [-0.25, -0.2) is 0 Å². The van der Waals surface area contributed by atoms with E-state index in [1.165, 1.54) is 25.7 Å². The molecule has 2 nitrogen and oxygen atoms in total. The minimum Gasteiger partial charge on any atom is -0.382 e. The second-order valence-corrected chi connectivity index (χ2v) is 4.04. The van der Waals surface area contributed by atoms with Crippen LogP contribution in [-0.4, -0.2) is 19.3 Å². The van der Waals surface area contributed by atoms with Crippen LogP contribution in [-0.2, 0) is 4.74 Å². The molecule has 2 heteroatoms. The molecule has 0 spiro atoms. The molecule has 0 fully saturated rings. The van der Waals surface area contributed by atoms with Gasteiger partial charge in [0.15, 0.2) is 0 Å². The van der Waals surface area contributed by atoms with Crippen LogP contribution in [0.4, 0.5) is 0 Å². The standard InChI is InChI=1S/C12H23NO/c1-2-14-9-5-7-11-6-3-4-8-12(13)10-11/h10,12H,2-9,13H2,1H3. The molecular formula is C12H23NO. The van der Waals surface area contributed by atoms with E-state index in [0.29, 0.717) is 6.04 Å². The van der Waals surface area contributed by atoms with Gasteiger partial charge in [0.1, 0.15) is 0 Å². The molecule has 1 unspecified atom stereocenters. The predicted molar refractivity (Wildman–Crippen MR) is 60.3 cm³/mol. The van der Waals surface area contributed by atoms with E-state index in [4.69, 9.17) is 10.5 Å². The zero-order valence-corrected chi connectivity index (χ0v) is 9.30. The molecule has 0 amide bonds. The second kappa shape index (κ2) is 7.02. The van der Waals surface area contributed by atoms with Crippen molar-refractivity contribution < 1.29 is 4.74 Å². The second-order valence-electron chi connectivity index (χ2n) is 4.04. The third kappa shape index (κ3) is 4.77. The first-order valence-corrected chi connectivity index (χ1v) is 5.86. The maximum Gasteiger partial charge on any atom is 0.0468 e. The van der Waals surface area contributed by atoms with E-state index >= 15 is 0 Å². The minimum atomic E-state index is 0.305. The molecule has 0 heterocycles. The van der Waals surface area contributed by atoms with Gasteiger partial charge in [-0.2, -0.15) is 0 Å². The maximum absolute atomic E-state index is 5.95. The van der Waals surface area contributed by atoms with Crippen molar-refractivity contribution in [1.29, 1.82) is 0 Å². The molecule has 0 aromatic carbocycles. The highest BCUT2D eigenvalue weighted by molar-refractivity contribution is 5.08. The lowest BCUT2D eigenvalue weighted by atomic mass is 10.1. The van der Waals surface area contributed by atoms with Crippen molar-refractivity contribution in [3.63, 3.8) is 0 Å². The smallest absolute Gasteiger partial charge is 0.0468 e. The molecule has 82 valence electrons. The van der Waals surface area contributed by atoms with Gasteiger partial charge in [0.05, 0.1) is 0 Å². The lowest BCUT2D eigenvalue weighted by Gasteiger charge is -2.06. The van der Waals surface area contributed by atoms with E-state index in [1.54, 1.807) is 5.57 Å². The molecule has 1 aliphatic rings. The monoisotopic (exact) mass is 197 g/mol. The van der Waals surface area contributed by atoms with Gasteiger partial charge in [-0.1, -0.05) is 18.1 Å². The van der Waals surface area contributed by atoms with E-state index in [0.717, 1.165) is 26.1 Å². The summed E-state index contributed by atoms with van der Waals surface area (Å²) in [7, 11) is 0. The number of ether oxygens (including phenoxy) is 1. The molecule has 0 aromatic rings.